The van der Waals surface area contributed by atoms with E-state index in [1.807, 2.05) is 30.3 Å². The van der Waals surface area contributed by atoms with Crippen molar-refractivity contribution < 1.29 is 9.69 Å². The van der Waals surface area contributed by atoms with E-state index >= 15 is 0 Å². The van der Waals surface area contributed by atoms with Crippen molar-refractivity contribution in [2.75, 3.05) is 18.0 Å². The predicted molar refractivity (Wildman–Crippen MR) is 98.7 cm³/mol. The Labute approximate surface area is 148 Å². The second-order valence-electron chi connectivity index (χ2n) is 7.09. The van der Waals surface area contributed by atoms with E-state index < -0.39 is 0 Å². The maximum atomic E-state index is 12.1. The number of likely N-dealkylation sites (tertiary alicyclic amines) is 1. The molecule has 1 amide bonds. The number of piperidine rings is 1. The first kappa shape index (κ1) is 17.1. The number of nitrogens with zero attached hydrogens (tertiary/aromatic N) is 2. The number of anilines is 2. The van der Waals surface area contributed by atoms with E-state index in [-0.39, 0.29) is 5.91 Å². The molecule has 0 unspecified atom stereocenters. The number of quaternary nitrogens is 1. The van der Waals surface area contributed by atoms with Crippen LogP contribution in [0.25, 0.3) is 0 Å². The highest BCUT2D eigenvalue weighted by molar-refractivity contribution is 7.14. The van der Waals surface area contributed by atoms with Crippen molar-refractivity contribution >= 4 is 28.1 Å². The lowest BCUT2D eigenvalue weighted by Crippen LogP contribution is -3.13. The fourth-order valence-electron chi connectivity index (χ4n) is 3.81. The summed E-state index contributed by atoms with van der Waals surface area (Å²) in [5.41, 5.74) is 1.96. The quantitative estimate of drug-likeness (QED) is 0.926. The van der Waals surface area contributed by atoms with Gasteiger partial charge in [0.1, 0.15) is 12.2 Å². The van der Waals surface area contributed by atoms with Crippen molar-refractivity contribution in [3.05, 3.63) is 41.4 Å². The number of amides is 1. The van der Waals surface area contributed by atoms with Gasteiger partial charge < -0.3 is 4.90 Å². The van der Waals surface area contributed by atoms with Crippen LogP contribution in [0.4, 0.5) is 10.8 Å². The Bertz CT molecular complexity index is 675. The van der Waals surface area contributed by atoms with Crippen molar-refractivity contribution in [3.8, 4) is 0 Å². The molecule has 3 rings (SSSR count). The van der Waals surface area contributed by atoms with E-state index in [4.69, 9.17) is 4.98 Å². The van der Waals surface area contributed by atoms with E-state index in [0.29, 0.717) is 0 Å². The number of thiazole rings is 1. The average Bonchev–Trinajstić information content (AvgIpc) is 2.95. The fraction of sp³-hybridized carbons (Fsp3) is 0.474. The zero-order valence-electron chi connectivity index (χ0n) is 14.7. The minimum atomic E-state index is -0.00494. The standard InChI is InChI=1S/C19H25N3OS/c1-14-9-15(2)11-21(10-14)12-17-13-24-19(20-17)22(16(3)23)18-7-5-4-6-8-18/h4-8,13-15H,9-12H2,1-3H3/p+1/t14-,15-/m0/s1. The van der Waals surface area contributed by atoms with Crippen LogP contribution in [0.1, 0.15) is 32.9 Å². The van der Waals surface area contributed by atoms with Gasteiger partial charge in [-0.25, -0.2) is 4.98 Å². The van der Waals surface area contributed by atoms with Crippen LogP contribution in [-0.2, 0) is 11.3 Å². The summed E-state index contributed by atoms with van der Waals surface area (Å²) in [6, 6.07) is 9.74. The Hall–Kier alpha value is -1.72. The smallest absolute Gasteiger partial charge is 0.230 e. The van der Waals surface area contributed by atoms with Gasteiger partial charge in [-0.15, -0.1) is 11.3 Å². The van der Waals surface area contributed by atoms with Crippen LogP contribution in [0.3, 0.4) is 0 Å². The SMILES string of the molecule is CC(=O)N(c1ccccc1)c1nc(C[NH+]2C[C@@H](C)C[C@H](C)C2)cs1. The molecule has 1 fully saturated rings. The molecule has 1 N–H and O–H groups in total. The van der Waals surface area contributed by atoms with Crippen molar-refractivity contribution in [3.63, 3.8) is 0 Å². The number of nitrogens with one attached hydrogen (secondary N) is 1. The van der Waals surface area contributed by atoms with Crippen LogP contribution in [0.2, 0.25) is 0 Å². The van der Waals surface area contributed by atoms with Crippen molar-refractivity contribution in [2.45, 2.75) is 33.7 Å². The number of para-hydroxylation sites is 1. The van der Waals surface area contributed by atoms with Gasteiger partial charge in [0, 0.05) is 24.1 Å². The number of hydrogen-bond acceptors (Lipinski definition) is 3. The summed E-state index contributed by atoms with van der Waals surface area (Å²) in [7, 11) is 0. The van der Waals surface area contributed by atoms with Crippen LogP contribution in [0, 0.1) is 11.8 Å². The van der Waals surface area contributed by atoms with E-state index in [0.717, 1.165) is 34.9 Å². The molecule has 0 radical (unpaired) electrons. The molecule has 1 aliphatic heterocycles. The van der Waals surface area contributed by atoms with Gasteiger partial charge >= 0.3 is 0 Å². The zero-order chi connectivity index (χ0) is 17.1. The number of hydrogen-bond donors (Lipinski definition) is 1. The first-order valence-corrected chi connectivity index (χ1v) is 9.54. The minimum absolute atomic E-state index is 0.00494. The lowest BCUT2D eigenvalue weighted by Gasteiger charge is -2.31. The van der Waals surface area contributed by atoms with E-state index in [1.54, 1.807) is 28.1 Å². The normalized spacial score (nSPS) is 23.9. The second-order valence-corrected chi connectivity index (χ2v) is 7.93. The van der Waals surface area contributed by atoms with Gasteiger partial charge in [0.05, 0.1) is 18.8 Å². The summed E-state index contributed by atoms with van der Waals surface area (Å²) < 4.78 is 0. The van der Waals surface area contributed by atoms with Crippen LogP contribution in [0.15, 0.2) is 35.7 Å². The molecular formula is C19H26N3OS+. The Balaban J connectivity index is 1.75. The minimum Gasteiger partial charge on any atom is -0.329 e. The fourth-order valence-corrected chi connectivity index (χ4v) is 4.69. The number of carbonyl (C=O) groups excluding carboxylic acids is 1. The molecule has 1 aromatic carbocycles. The number of benzene rings is 1. The van der Waals surface area contributed by atoms with Gasteiger partial charge in [-0.2, -0.15) is 0 Å². The van der Waals surface area contributed by atoms with Gasteiger partial charge in [-0.1, -0.05) is 32.0 Å². The molecule has 5 heteroatoms. The summed E-state index contributed by atoms with van der Waals surface area (Å²) >= 11 is 1.55. The van der Waals surface area contributed by atoms with Gasteiger partial charge in [0.15, 0.2) is 5.13 Å². The van der Waals surface area contributed by atoms with E-state index in [1.165, 1.54) is 19.5 Å². The zero-order valence-corrected chi connectivity index (χ0v) is 15.5. The van der Waals surface area contributed by atoms with Gasteiger partial charge in [0.25, 0.3) is 0 Å². The molecule has 0 spiro atoms. The molecule has 24 heavy (non-hydrogen) atoms. The molecule has 4 nitrogen and oxygen atoms in total. The molecule has 0 aliphatic carbocycles. The van der Waals surface area contributed by atoms with Crippen molar-refractivity contribution in [1.82, 2.24) is 4.98 Å². The highest BCUT2D eigenvalue weighted by atomic mass is 32.1. The first-order valence-electron chi connectivity index (χ1n) is 8.66. The Morgan fingerprint density at radius 3 is 2.54 bits per heavy atom. The Morgan fingerprint density at radius 1 is 1.25 bits per heavy atom. The molecule has 1 aromatic heterocycles. The van der Waals surface area contributed by atoms with Crippen LogP contribution < -0.4 is 9.80 Å². The second kappa shape index (κ2) is 7.45. The monoisotopic (exact) mass is 344 g/mol. The van der Waals surface area contributed by atoms with Crippen molar-refractivity contribution in [1.29, 1.82) is 0 Å². The molecule has 1 aliphatic rings. The number of rotatable bonds is 4. The average molecular weight is 345 g/mol. The van der Waals surface area contributed by atoms with Crippen LogP contribution in [-0.4, -0.2) is 24.0 Å². The molecule has 0 saturated carbocycles. The van der Waals surface area contributed by atoms with Crippen LogP contribution >= 0.6 is 11.3 Å². The number of carbonyl (C=O) groups is 1. The molecule has 128 valence electrons. The largest absolute Gasteiger partial charge is 0.329 e. The third-order valence-corrected chi connectivity index (χ3v) is 5.44. The maximum Gasteiger partial charge on any atom is 0.230 e. The molecule has 2 atom stereocenters. The topological polar surface area (TPSA) is 37.6 Å². The number of aromatic nitrogens is 1. The molecule has 1 saturated heterocycles. The maximum absolute atomic E-state index is 12.1. The Morgan fingerprint density at radius 2 is 1.92 bits per heavy atom. The van der Waals surface area contributed by atoms with Crippen LogP contribution in [0.5, 0.6) is 0 Å². The summed E-state index contributed by atoms with van der Waals surface area (Å²) in [6.07, 6.45) is 1.33. The summed E-state index contributed by atoms with van der Waals surface area (Å²) in [6.45, 7) is 9.65. The molecular weight excluding hydrogens is 318 g/mol. The third kappa shape index (κ3) is 4.02. The van der Waals surface area contributed by atoms with E-state index in [9.17, 15) is 4.79 Å². The molecule has 2 aromatic rings. The summed E-state index contributed by atoms with van der Waals surface area (Å²) in [5.74, 6) is 1.55. The highest BCUT2D eigenvalue weighted by Gasteiger charge is 2.26. The highest BCUT2D eigenvalue weighted by Crippen LogP contribution is 2.28. The van der Waals surface area contributed by atoms with E-state index in [2.05, 4.69) is 19.2 Å². The van der Waals surface area contributed by atoms with Crippen molar-refractivity contribution in [2.24, 2.45) is 11.8 Å². The first-order chi connectivity index (χ1) is 11.5. The van der Waals surface area contributed by atoms with Gasteiger partial charge in [-0.05, 0) is 18.6 Å². The summed E-state index contributed by atoms with van der Waals surface area (Å²) in [5, 5.41) is 2.87. The summed E-state index contributed by atoms with van der Waals surface area (Å²) in [4.78, 5) is 20.2. The molecule has 0 bridgehead atoms. The third-order valence-electron chi connectivity index (χ3n) is 4.57. The van der Waals surface area contributed by atoms with Gasteiger partial charge in [-0.3, -0.25) is 9.69 Å². The lowest BCUT2D eigenvalue weighted by atomic mass is 9.92. The predicted octanol–water partition coefficient (Wildman–Crippen LogP) is 2.89. The molecule has 2 heterocycles. The lowest BCUT2D eigenvalue weighted by molar-refractivity contribution is -0.925. The van der Waals surface area contributed by atoms with Gasteiger partial charge in [0.2, 0.25) is 5.91 Å². The Kier molecular flexibility index (Phi) is 5.31.